The van der Waals surface area contributed by atoms with Crippen LogP contribution in [0, 0.1) is 0 Å². The van der Waals surface area contributed by atoms with Gasteiger partial charge < -0.3 is 27.3 Å². The average molecular weight is 1760 g/mol. The van der Waals surface area contributed by atoms with Crippen molar-refractivity contribution in [3.63, 3.8) is 0 Å². The van der Waals surface area contributed by atoms with Gasteiger partial charge >= 0.3 is 177 Å². The number of benzene rings is 12. The molecule has 12 aromatic carbocycles. The molecule has 0 aromatic heterocycles. The maximum Gasteiger partial charge on any atom is 1.00 e. The molecule has 32 heteroatoms. The fourth-order valence-corrected chi connectivity index (χ4v) is 15.1. The van der Waals surface area contributed by atoms with Crippen molar-refractivity contribution in [2.24, 2.45) is 0 Å². The van der Waals surface area contributed by atoms with Crippen molar-refractivity contribution in [1.82, 2.24) is 0 Å². The van der Waals surface area contributed by atoms with Gasteiger partial charge in [-0.3, -0.25) is 0 Å². The van der Waals surface area contributed by atoms with Gasteiger partial charge in [-0.2, -0.15) is 0 Å². The van der Waals surface area contributed by atoms with E-state index in [0.29, 0.717) is 33.4 Å². The molecule has 0 N–H and O–H groups in total. The molecule has 0 amide bonds. The number of rotatable bonds is 21. The Morgan fingerprint density at radius 2 is 0.388 bits per heavy atom. The van der Waals surface area contributed by atoms with E-state index < -0.39 is 70.5 Å². The van der Waals surface area contributed by atoms with E-state index in [4.69, 9.17) is 23.2 Å². The third-order valence-electron chi connectivity index (χ3n) is 16.4. The Balaban J connectivity index is 0.000000357. The summed E-state index contributed by atoms with van der Waals surface area (Å²) in [5.41, 5.74) is 14.1. The van der Waals surface area contributed by atoms with Crippen LogP contribution in [0.5, 0.6) is 0 Å². The van der Waals surface area contributed by atoms with Crippen LogP contribution in [-0.4, -0.2) is 77.8 Å². The van der Waals surface area contributed by atoms with Crippen LogP contribution >= 0.6 is 23.2 Å². The van der Waals surface area contributed by atoms with E-state index in [1.54, 1.807) is 109 Å². The van der Waals surface area contributed by atoms with E-state index in [0.717, 1.165) is 66.8 Å². The second-order valence-corrected chi connectivity index (χ2v) is 33.0. The maximum atomic E-state index is 11.4. The van der Waals surface area contributed by atoms with Gasteiger partial charge in [0.2, 0.25) is 0 Å². The predicted octanol–water partition coefficient (Wildman–Crippen LogP) is -0.161. The molecule has 0 aliphatic rings. The van der Waals surface area contributed by atoms with Crippen molar-refractivity contribution >= 4 is 157 Å². The van der Waals surface area contributed by atoms with Gasteiger partial charge in [0.1, 0.15) is 60.7 Å². The first-order valence-electron chi connectivity index (χ1n) is 32.5. The Bertz CT molecular complexity index is 5940. The van der Waals surface area contributed by atoms with Crippen molar-refractivity contribution in [2.75, 3.05) is 0 Å². The van der Waals surface area contributed by atoms with Crippen LogP contribution in [0.25, 0.3) is 106 Å². The summed E-state index contributed by atoms with van der Waals surface area (Å²) in [5, 5.41) is -0.228. The molecule has 558 valence electrons. The zero-order chi connectivity index (χ0) is 79.0. The van der Waals surface area contributed by atoms with Gasteiger partial charge in [0.05, 0.1) is 39.4 Å². The van der Waals surface area contributed by atoms with Gasteiger partial charge in [0.25, 0.3) is 0 Å². The number of hydrogen-bond donors (Lipinski definition) is 0. The quantitative estimate of drug-likeness (QED) is 0.0512. The smallest absolute Gasteiger partial charge is 0.744 e. The minimum absolute atomic E-state index is 0. The van der Waals surface area contributed by atoms with Gasteiger partial charge in [0, 0.05) is 0 Å². The topological polar surface area (TPSA) is 343 Å². The summed E-state index contributed by atoms with van der Waals surface area (Å²) in [6, 6.07) is 78.5. The summed E-state index contributed by atoms with van der Waals surface area (Å²) in [6.45, 7) is 0. The van der Waals surface area contributed by atoms with Crippen molar-refractivity contribution in [2.45, 2.75) is 29.4 Å². The molecule has 0 atom stereocenters. The van der Waals surface area contributed by atoms with Crippen LogP contribution in [0.2, 0.25) is 10.0 Å². The Hall–Kier alpha value is -4.88. The van der Waals surface area contributed by atoms with E-state index in [1.807, 2.05) is 158 Å². The molecular formula is C84H58Cl2Na6O18S6. The average Bonchev–Trinajstić information content (AvgIpc) is 0.842. The molecule has 12 aromatic rings. The first kappa shape index (κ1) is 103. The maximum absolute atomic E-state index is 11.4. The predicted molar refractivity (Wildman–Crippen MR) is 426 cm³/mol. The Morgan fingerprint density at radius 3 is 0.612 bits per heavy atom. The van der Waals surface area contributed by atoms with Crippen LogP contribution < -0.4 is 177 Å². The summed E-state index contributed by atoms with van der Waals surface area (Å²) in [5.74, 6) is 0. The summed E-state index contributed by atoms with van der Waals surface area (Å²) in [7, 11) is -27.4. The van der Waals surface area contributed by atoms with Crippen LogP contribution in [-0.2, 0) is 60.7 Å². The molecule has 116 heavy (non-hydrogen) atoms. The Morgan fingerprint density at radius 1 is 0.190 bits per heavy atom. The molecule has 0 aliphatic carbocycles. The van der Waals surface area contributed by atoms with E-state index >= 15 is 0 Å². The molecule has 0 heterocycles. The number of hydrogen-bond acceptors (Lipinski definition) is 18. The fraction of sp³-hybridized carbons (Fsp3) is 0. The van der Waals surface area contributed by atoms with Crippen molar-refractivity contribution < 1.29 is 255 Å². The largest absolute Gasteiger partial charge is 1.00 e. The molecule has 0 bridgehead atoms. The normalized spacial score (nSPS) is 11.8. The summed E-state index contributed by atoms with van der Waals surface area (Å²) < 4.78 is 204. The zero-order valence-corrected chi connectivity index (χ0v) is 81.5. The van der Waals surface area contributed by atoms with Gasteiger partial charge in [-0.1, -0.05) is 315 Å². The first-order valence-corrected chi connectivity index (χ1v) is 41.7. The third-order valence-corrected chi connectivity index (χ3v) is 22.5. The minimum Gasteiger partial charge on any atom is -0.744 e. The van der Waals surface area contributed by atoms with Gasteiger partial charge in [-0.05, 0) is 161 Å². The van der Waals surface area contributed by atoms with Crippen LogP contribution in [0.1, 0.15) is 66.8 Å². The summed E-state index contributed by atoms with van der Waals surface area (Å²) in [4.78, 5) is -1.95. The molecule has 0 saturated carbocycles. The summed E-state index contributed by atoms with van der Waals surface area (Å²) >= 11 is 11.6. The molecule has 0 spiro atoms. The third kappa shape index (κ3) is 31.5. The van der Waals surface area contributed by atoms with Crippen molar-refractivity contribution in [1.29, 1.82) is 0 Å². The van der Waals surface area contributed by atoms with Gasteiger partial charge in [0.15, 0.2) is 0 Å². The van der Waals surface area contributed by atoms with E-state index in [1.165, 1.54) is 84.9 Å². The van der Waals surface area contributed by atoms with Crippen LogP contribution in [0.4, 0.5) is 0 Å². The van der Waals surface area contributed by atoms with E-state index in [2.05, 4.69) is 0 Å². The second-order valence-electron chi connectivity index (χ2n) is 24.1. The van der Waals surface area contributed by atoms with Crippen LogP contribution in [0.15, 0.2) is 308 Å². The first-order chi connectivity index (χ1) is 52.1. The molecule has 12 rings (SSSR count). The van der Waals surface area contributed by atoms with Crippen molar-refractivity contribution in [3.8, 4) is 33.4 Å². The Kier molecular flexibility index (Phi) is 41.9. The zero-order valence-electron chi connectivity index (χ0n) is 63.0. The fourth-order valence-electron chi connectivity index (χ4n) is 10.7. The molecule has 0 aliphatic heterocycles. The SMILES string of the molecule is O=S(=O)([O-])c1cc(/C=C/c2ccc(-c3ccc(/C=C/c4ccc(Cl)c(S(=O)(=O)[O-])c4)cc3)cc2)ccc1Cl.O=S(=O)([O-])c1cccc(/C=C/c2ccc(-c3ccc(/C=C/c4cccc(S(=O)(=O)[O-])c4)cc3)cc2)c1.O=S(=O)([O-])c1ccccc1/C=C/c1ccc(-c2ccc(/C=C/c3ccccc3S(=O)(=O)[O-])cc2)cc1.[Na+].[Na+].[Na+].[Na+].[Na+].[Na+]. The Labute approximate surface area is 818 Å². The molecular weight excluding hydrogens is 1700 g/mol. The molecule has 0 fully saturated rings. The number of halogens is 2. The van der Waals surface area contributed by atoms with Gasteiger partial charge in [-0.15, -0.1) is 0 Å². The van der Waals surface area contributed by atoms with E-state index in [9.17, 15) is 77.8 Å². The molecule has 18 nitrogen and oxygen atoms in total. The minimum atomic E-state index is -4.66. The second kappa shape index (κ2) is 46.9. The summed E-state index contributed by atoms with van der Waals surface area (Å²) in [6.07, 6.45) is 20.8. The molecule has 0 radical (unpaired) electrons. The molecule has 0 unspecified atom stereocenters. The van der Waals surface area contributed by atoms with Crippen molar-refractivity contribution in [3.05, 3.63) is 356 Å². The monoisotopic (exact) mass is 1750 g/mol. The van der Waals surface area contributed by atoms with Gasteiger partial charge in [-0.25, -0.2) is 50.5 Å². The van der Waals surface area contributed by atoms with E-state index in [-0.39, 0.29) is 207 Å². The molecule has 0 saturated heterocycles. The van der Waals surface area contributed by atoms with Crippen LogP contribution in [0.3, 0.4) is 0 Å². The standard InChI is InChI=1S/C28H20Cl2O6S2.2C28H22O6S2.6Na/c29-25-15-9-21(17-27(25)37(31,32)33)3-1-19-5-11-23(12-6-19)24-13-7-20(8-14-24)2-4-22-10-16-26(30)28(18-22)38(34,35)36;29-35(30,31)27-5-1-3-23(19-27)9-7-21-11-15-25(16-12-21)26-17-13-22(14-18-26)8-10-24-4-2-6-28(20-24)36(32,33)34;29-35(30,31)27-7-3-1-5-25(27)19-13-21-9-15-23(16-10-21)24-17-11-22(12-18-24)14-20-26-6-2-4-8-28(26)36(32,33)34;;;;;;/h1-18H,(H,31,32,33)(H,34,35,36);2*1-20H,(H,29,30,31)(H,32,33,34);;;;;;/q;;;6*+1/p-6/b3-1+,4-2+;9-7+,10-8+;19-13+,20-14+;;;;;;.